The quantitative estimate of drug-likeness (QED) is 0.848. The van der Waals surface area contributed by atoms with Gasteiger partial charge in [0.1, 0.15) is 5.82 Å². The highest BCUT2D eigenvalue weighted by Gasteiger charge is 2.26. The Morgan fingerprint density at radius 3 is 2.38 bits per heavy atom. The molecule has 1 aliphatic heterocycles. The van der Waals surface area contributed by atoms with Crippen molar-refractivity contribution in [2.45, 2.75) is 18.9 Å². The van der Waals surface area contributed by atoms with Gasteiger partial charge >= 0.3 is 0 Å². The Hall–Kier alpha value is -2.11. The second kappa shape index (κ2) is 8.06. The largest absolute Gasteiger partial charge is 0.349 e. The van der Waals surface area contributed by atoms with E-state index in [9.17, 15) is 14.0 Å². The summed E-state index contributed by atoms with van der Waals surface area (Å²) < 4.78 is 13.8. The fourth-order valence-electron chi connectivity index (χ4n) is 2.94. The van der Waals surface area contributed by atoms with E-state index < -0.39 is 5.82 Å². The van der Waals surface area contributed by atoms with Crippen LogP contribution in [0.1, 0.15) is 33.6 Å². The maximum atomic E-state index is 13.8. The first kappa shape index (κ1) is 18.7. The molecule has 0 saturated carbocycles. The summed E-state index contributed by atoms with van der Waals surface area (Å²) in [4.78, 5) is 26.3. The first-order valence-electron chi connectivity index (χ1n) is 8.25. The molecule has 3 rings (SSSR count). The van der Waals surface area contributed by atoms with E-state index >= 15 is 0 Å². The third kappa shape index (κ3) is 4.17. The van der Waals surface area contributed by atoms with Gasteiger partial charge in [0.25, 0.3) is 11.8 Å². The number of benzene rings is 2. The lowest BCUT2D eigenvalue weighted by molar-refractivity contribution is 0.0693. The topological polar surface area (TPSA) is 49.4 Å². The monoisotopic (exact) mass is 394 g/mol. The molecule has 1 saturated heterocycles. The van der Waals surface area contributed by atoms with Crippen LogP contribution in [0.3, 0.4) is 0 Å². The van der Waals surface area contributed by atoms with Crippen molar-refractivity contribution < 1.29 is 14.0 Å². The van der Waals surface area contributed by atoms with Gasteiger partial charge in [-0.1, -0.05) is 35.3 Å². The minimum atomic E-state index is -0.521. The fourth-order valence-corrected chi connectivity index (χ4v) is 3.24. The molecule has 0 unspecified atom stereocenters. The van der Waals surface area contributed by atoms with Crippen molar-refractivity contribution in [1.82, 2.24) is 10.2 Å². The Morgan fingerprint density at radius 1 is 1.04 bits per heavy atom. The fraction of sp³-hybridized carbons (Fsp3) is 0.263. The average Bonchev–Trinajstić information content (AvgIpc) is 2.64. The molecule has 7 heteroatoms. The number of carbonyl (C=O) groups excluding carboxylic acids is 2. The van der Waals surface area contributed by atoms with Crippen molar-refractivity contribution in [3.63, 3.8) is 0 Å². The lowest BCUT2D eigenvalue weighted by atomic mass is 10.0. The van der Waals surface area contributed by atoms with Crippen LogP contribution >= 0.6 is 23.2 Å². The van der Waals surface area contributed by atoms with Gasteiger partial charge in [-0.25, -0.2) is 4.39 Å². The summed E-state index contributed by atoms with van der Waals surface area (Å²) in [6, 6.07) is 10.6. The van der Waals surface area contributed by atoms with Crippen molar-refractivity contribution >= 4 is 35.0 Å². The molecule has 0 radical (unpaired) electrons. The van der Waals surface area contributed by atoms with E-state index in [4.69, 9.17) is 23.2 Å². The number of likely N-dealkylation sites (tertiary alicyclic amines) is 1. The van der Waals surface area contributed by atoms with Crippen LogP contribution in [-0.4, -0.2) is 35.8 Å². The number of amides is 2. The molecule has 0 bridgehead atoms. The molecular weight excluding hydrogens is 378 g/mol. The normalized spacial score (nSPS) is 15.0. The maximum absolute atomic E-state index is 13.8. The number of nitrogens with zero attached hydrogens (tertiary/aromatic N) is 1. The van der Waals surface area contributed by atoms with E-state index in [-0.39, 0.29) is 23.4 Å². The standard InChI is InChI=1S/C19H17Cl2FN2O2/c20-15-6-5-12(11-16(15)21)18(25)23-13-7-9-24(10-8-13)19(26)14-3-1-2-4-17(14)22/h1-6,11,13H,7-10H2,(H,23,25). The molecule has 1 aliphatic rings. The predicted octanol–water partition coefficient (Wildman–Crippen LogP) is 4.17. The molecule has 0 spiro atoms. The van der Waals surface area contributed by atoms with Gasteiger partial charge in [0, 0.05) is 24.7 Å². The molecule has 0 atom stereocenters. The zero-order valence-electron chi connectivity index (χ0n) is 13.8. The summed E-state index contributed by atoms with van der Waals surface area (Å²) in [5.74, 6) is -1.08. The third-order valence-electron chi connectivity index (χ3n) is 4.40. The number of halogens is 3. The van der Waals surface area contributed by atoms with Gasteiger partial charge in [0.2, 0.25) is 0 Å². The highest BCUT2D eigenvalue weighted by molar-refractivity contribution is 6.42. The minimum absolute atomic E-state index is 0.0541. The summed E-state index contributed by atoms with van der Waals surface area (Å²) in [5, 5.41) is 3.66. The average molecular weight is 395 g/mol. The Morgan fingerprint density at radius 2 is 1.73 bits per heavy atom. The van der Waals surface area contributed by atoms with Crippen LogP contribution in [0.5, 0.6) is 0 Å². The molecule has 2 aromatic carbocycles. The lowest BCUT2D eigenvalue weighted by Crippen LogP contribution is -2.46. The van der Waals surface area contributed by atoms with Crippen LogP contribution in [0, 0.1) is 5.82 Å². The van der Waals surface area contributed by atoms with Crippen LogP contribution < -0.4 is 5.32 Å². The number of hydrogen-bond acceptors (Lipinski definition) is 2. The summed E-state index contributed by atoms with van der Waals surface area (Å²) >= 11 is 11.8. The maximum Gasteiger partial charge on any atom is 0.256 e. The second-order valence-electron chi connectivity index (χ2n) is 6.15. The molecule has 0 aromatic heterocycles. The van der Waals surface area contributed by atoms with Crippen LogP contribution in [0.4, 0.5) is 4.39 Å². The summed E-state index contributed by atoms with van der Waals surface area (Å²) in [6.07, 6.45) is 1.21. The van der Waals surface area contributed by atoms with Gasteiger partial charge in [-0.05, 0) is 43.2 Å². The molecule has 26 heavy (non-hydrogen) atoms. The molecule has 0 aliphatic carbocycles. The van der Waals surface area contributed by atoms with Crippen LogP contribution in [0.2, 0.25) is 10.0 Å². The van der Waals surface area contributed by atoms with E-state index in [1.54, 1.807) is 29.2 Å². The first-order valence-corrected chi connectivity index (χ1v) is 9.01. The number of rotatable bonds is 3. The van der Waals surface area contributed by atoms with Crippen LogP contribution in [-0.2, 0) is 0 Å². The number of nitrogens with one attached hydrogen (secondary N) is 1. The van der Waals surface area contributed by atoms with Crippen LogP contribution in [0.15, 0.2) is 42.5 Å². The molecule has 2 aromatic rings. The highest BCUT2D eigenvalue weighted by Crippen LogP contribution is 2.23. The summed E-state index contributed by atoms with van der Waals surface area (Å²) in [7, 11) is 0. The summed E-state index contributed by atoms with van der Waals surface area (Å²) in [5.41, 5.74) is 0.509. The lowest BCUT2D eigenvalue weighted by Gasteiger charge is -2.32. The zero-order valence-corrected chi connectivity index (χ0v) is 15.4. The van der Waals surface area contributed by atoms with Gasteiger partial charge in [-0.2, -0.15) is 0 Å². The molecular formula is C19H17Cl2FN2O2. The molecule has 136 valence electrons. The van der Waals surface area contributed by atoms with Crippen LogP contribution in [0.25, 0.3) is 0 Å². The van der Waals surface area contributed by atoms with Crippen molar-refractivity contribution in [3.8, 4) is 0 Å². The van der Waals surface area contributed by atoms with Gasteiger partial charge in [-0.3, -0.25) is 9.59 Å². The smallest absolute Gasteiger partial charge is 0.256 e. The molecule has 1 heterocycles. The Balaban J connectivity index is 1.57. The zero-order chi connectivity index (χ0) is 18.7. The van der Waals surface area contributed by atoms with E-state index in [0.29, 0.717) is 41.5 Å². The molecule has 1 fully saturated rings. The molecule has 1 N–H and O–H groups in total. The van der Waals surface area contributed by atoms with E-state index in [1.807, 2.05) is 0 Å². The van der Waals surface area contributed by atoms with Gasteiger partial charge < -0.3 is 10.2 Å². The molecule has 2 amide bonds. The Kier molecular flexibility index (Phi) is 5.79. The van der Waals surface area contributed by atoms with Gasteiger partial charge in [-0.15, -0.1) is 0 Å². The Bertz CT molecular complexity index is 836. The number of hydrogen-bond donors (Lipinski definition) is 1. The van der Waals surface area contributed by atoms with Gasteiger partial charge in [0.15, 0.2) is 0 Å². The number of carbonyl (C=O) groups is 2. The van der Waals surface area contributed by atoms with Crippen molar-refractivity contribution in [3.05, 3.63) is 69.5 Å². The second-order valence-corrected chi connectivity index (χ2v) is 6.96. The highest BCUT2D eigenvalue weighted by atomic mass is 35.5. The SMILES string of the molecule is O=C(NC1CCN(C(=O)c2ccccc2F)CC1)c1ccc(Cl)c(Cl)c1. The minimum Gasteiger partial charge on any atom is -0.349 e. The van der Waals surface area contributed by atoms with E-state index in [0.717, 1.165) is 0 Å². The van der Waals surface area contributed by atoms with E-state index in [1.165, 1.54) is 18.2 Å². The molecule has 4 nitrogen and oxygen atoms in total. The van der Waals surface area contributed by atoms with Crippen molar-refractivity contribution in [2.24, 2.45) is 0 Å². The first-order chi connectivity index (χ1) is 12.5. The third-order valence-corrected chi connectivity index (χ3v) is 5.14. The van der Waals surface area contributed by atoms with Crippen molar-refractivity contribution in [2.75, 3.05) is 13.1 Å². The Labute approximate surface area is 160 Å². The summed E-state index contributed by atoms with van der Waals surface area (Å²) in [6.45, 7) is 0.916. The number of piperidine rings is 1. The van der Waals surface area contributed by atoms with E-state index in [2.05, 4.69) is 5.32 Å². The van der Waals surface area contributed by atoms with Crippen molar-refractivity contribution in [1.29, 1.82) is 0 Å². The predicted molar refractivity (Wildman–Crippen MR) is 99.3 cm³/mol. The van der Waals surface area contributed by atoms with Gasteiger partial charge in [0.05, 0.1) is 15.6 Å².